The highest BCUT2D eigenvalue weighted by molar-refractivity contribution is 5.92. The molecule has 6 heteroatoms. The number of nitrogens with zero attached hydrogens (tertiary/aromatic N) is 4. The lowest BCUT2D eigenvalue weighted by Crippen LogP contribution is -2.50. The monoisotopic (exact) mass is 374 g/mol. The zero-order valence-electron chi connectivity index (χ0n) is 15.8. The summed E-state index contributed by atoms with van der Waals surface area (Å²) in [5, 5.41) is 4.39. The quantitative estimate of drug-likeness (QED) is 0.707. The topological polar surface area (TPSA) is 58.4 Å². The van der Waals surface area contributed by atoms with Crippen molar-refractivity contribution in [2.75, 3.05) is 31.1 Å². The van der Waals surface area contributed by atoms with Crippen molar-refractivity contribution in [2.24, 2.45) is 0 Å². The molecule has 6 nitrogen and oxygen atoms in total. The summed E-state index contributed by atoms with van der Waals surface area (Å²) in [7, 11) is 0. The highest BCUT2D eigenvalue weighted by Crippen LogP contribution is 2.16. The second kappa shape index (κ2) is 7.68. The van der Waals surface area contributed by atoms with Crippen LogP contribution in [0.2, 0.25) is 0 Å². The molecule has 0 atom stereocenters. The lowest BCUT2D eigenvalue weighted by molar-refractivity contribution is 0.0737. The summed E-state index contributed by atoms with van der Waals surface area (Å²) >= 11 is 0. The second-order valence-corrected chi connectivity index (χ2v) is 6.86. The first-order valence-electron chi connectivity index (χ1n) is 9.39. The van der Waals surface area contributed by atoms with Crippen molar-refractivity contribution in [1.82, 2.24) is 14.7 Å². The molecule has 0 aliphatic carbocycles. The van der Waals surface area contributed by atoms with Crippen LogP contribution in [0, 0.1) is 6.92 Å². The first-order valence-corrected chi connectivity index (χ1v) is 9.39. The predicted molar refractivity (Wildman–Crippen MR) is 109 cm³/mol. The highest BCUT2D eigenvalue weighted by Gasteiger charge is 2.25. The Balaban J connectivity index is 1.55. The Bertz CT molecular complexity index is 1020. The third-order valence-corrected chi connectivity index (χ3v) is 5.00. The summed E-state index contributed by atoms with van der Waals surface area (Å²) in [4.78, 5) is 29.4. The van der Waals surface area contributed by atoms with E-state index in [9.17, 15) is 9.59 Å². The second-order valence-electron chi connectivity index (χ2n) is 6.86. The molecule has 1 amide bonds. The molecule has 2 heterocycles. The standard InChI is InChI=1S/C22H22N4O2/c1-17-16-20(27)21(23-26(17)19-10-6-3-7-11-19)22(28)25-14-12-24(13-15-25)18-8-4-2-5-9-18/h2-11,16H,12-15H2,1H3. The fourth-order valence-corrected chi connectivity index (χ4v) is 3.48. The number of anilines is 1. The van der Waals surface area contributed by atoms with Crippen LogP contribution >= 0.6 is 0 Å². The van der Waals surface area contributed by atoms with Crippen LogP contribution in [0.3, 0.4) is 0 Å². The van der Waals surface area contributed by atoms with Crippen LogP contribution in [0.4, 0.5) is 5.69 Å². The minimum Gasteiger partial charge on any atom is -0.368 e. The Morgan fingerprint density at radius 1 is 0.857 bits per heavy atom. The van der Waals surface area contributed by atoms with E-state index in [2.05, 4.69) is 22.1 Å². The summed E-state index contributed by atoms with van der Waals surface area (Å²) in [6.45, 7) is 4.40. The SMILES string of the molecule is Cc1cc(=O)c(C(=O)N2CCN(c3ccccc3)CC2)nn1-c1ccccc1. The first kappa shape index (κ1) is 18.0. The Hall–Kier alpha value is -3.41. The molecule has 4 rings (SSSR count). The van der Waals surface area contributed by atoms with E-state index in [1.54, 1.807) is 9.58 Å². The van der Waals surface area contributed by atoms with Crippen LogP contribution < -0.4 is 10.3 Å². The predicted octanol–water partition coefficient (Wildman–Crippen LogP) is 2.50. The normalized spacial score (nSPS) is 14.2. The lowest BCUT2D eigenvalue weighted by atomic mass is 10.2. The van der Waals surface area contributed by atoms with Gasteiger partial charge < -0.3 is 9.80 Å². The molecule has 0 unspecified atom stereocenters. The number of piperazine rings is 1. The Labute approximate surface area is 163 Å². The molecular weight excluding hydrogens is 352 g/mol. The zero-order chi connectivity index (χ0) is 19.5. The van der Waals surface area contributed by atoms with Crippen LogP contribution in [0.15, 0.2) is 71.5 Å². The Morgan fingerprint density at radius 3 is 2.04 bits per heavy atom. The van der Waals surface area contributed by atoms with Gasteiger partial charge in [0.1, 0.15) is 0 Å². The van der Waals surface area contributed by atoms with Crippen LogP contribution in [0.1, 0.15) is 16.2 Å². The van der Waals surface area contributed by atoms with Crippen molar-refractivity contribution >= 4 is 11.6 Å². The summed E-state index contributed by atoms with van der Waals surface area (Å²) in [5.41, 5.74) is 2.31. The molecule has 0 bridgehead atoms. The summed E-state index contributed by atoms with van der Waals surface area (Å²) < 4.78 is 1.65. The van der Waals surface area contributed by atoms with Gasteiger partial charge in [-0.05, 0) is 31.2 Å². The Kier molecular flexibility index (Phi) is 4.93. The number of amides is 1. The van der Waals surface area contributed by atoms with Gasteiger partial charge in [0.15, 0.2) is 5.69 Å². The number of para-hydroxylation sites is 2. The number of hydrogen-bond donors (Lipinski definition) is 0. The molecule has 0 radical (unpaired) electrons. The van der Waals surface area contributed by atoms with Crippen LogP contribution in [-0.4, -0.2) is 46.8 Å². The lowest BCUT2D eigenvalue weighted by Gasteiger charge is -2.35. The molecule has 1 fully saturated rings. The molecule has 1 aliphatic rings. The number of carbonyl (C=O) groups is 1. The van der Waals surface area contributed by atoms with Gasteiger partial charge in [0.05, 0.1) is 5.69 Å². The minimum absolute atomic E-state index is 0.0254. The van der Waals surface area contributed by atoms with Crippen molar-refractivity contribution in [3.8, 4) is 5.69 Å². The van der Waals surface area contributed by atoms with E-state index in [-0.39, 0.29) is 17.0 Å². The highest BCUT2D eigenvalue weighted by atomic mass is 16.2. The number of benzene rings is 2. The molecular formula is C22H22N4O2. The zero-order valence-corrected chi connectivity index (χ0v) is 15.8. The molecule has 0 N–H and O–H groups in total. The van der Waals surface area contributed by atoms with Crippen molar-refractivity contribution in [2.45, 2.75) is 6.92 Å². The summed E-state index contributed by atoms with van der Waals surface area (Å²) in [6.07, 6.45) is 0. The van der Waals surface area contributed by atoms with Crippen molar-refractivity contribution in [3.05, 3.63) is 88.3 Å². The third-order valence-electron chi connectivity index (χ3n) is 5.00. The maximum absolute atomic E-state index is 13.0. The smallest absolute Gasteiger partial charge is 0.278 e. The van der Waals surface area contributed by atoms with Crippen molar-refractivity contribution < 1.29 is 4.79 Å². The van der Waals surface area contributed by atoms with Gasteiger partial charge in [-0.25, -0.2) is 4.68 Å². The third kappa shape index (κ3) is 3.53. The van der Waals surface area contributed by atoms with Crippen molar-refractivity contribution in [1.29, 1.82) is 0 Å². The molecule has 2 aromatic carbocycles. The van der Waals surface area contributed by atoms with Crippen LogP contribution in [0.5, 0.6) is 0 Å². The fraction of sp³-hybridized carbons (Fsp3) is 0.227. The van der Waals surface area contributed by atoms with Crippen LogP contribution in [-0.2, 0) is 0 Å². The van der Waals surface area contributed by atoms with Crippen LogP contribution in [0.25, 0.3) is 5.69 Å². The van der Waals surface area contributed by atoms with Gasteiger partial charge in [0.25, 0.3) is 5.91 Å². The fourth-order valence-electron chi connectivity index (χ4n) is 3.48. The van der Waals surface area contributed by atoms with E-state index in [4.69, 9.17) is 0 Å². The van der Waals surface area contributed by atoms with E-state index in [0.717, 1.165) is 24.5 Å². The number of rotatable bonds is 3. The average molecular weight is 374 g/mol. The largest absolute Gasteiger partial charge is 0.368 e. The molecule has 1 saturated heterocycles. The van der Waals surface area contributed by atoms with Gasteiger partial charge in [-0.3, -0.25) is 9.59 Å². The van der Waals surface area contributed by atoms with Gasteiger partial charge in [-0.2, -0.15) is 5.10 Å². The molecule has 1 aromatic heterocycles. The maximum atomic E-state index is 13.0. The van der Waals surface area contributed by atoms with Gasteiger partial charge in [-0.1, -0.05) is 36.4 Å². The Morgan fingerprint density at radius 2 is 1.43 bits per heavy atom. The first-order chi connectivity index (χ1) is 13.6. The average Bonchev–Trinajstić information content (AvgIpc) is 2.75. The molecule has 28 heavy (non-hydrogen) atoms. The van der Waals surface area contributed by atoms with Gasteiger partial charge in [-0.15, -0.1) is 0 Å². The van der Waals surface area contributed by atoms with Crippen molar-refractivity contribution in [3.63, 3.8) is 0 Å². The molecule has 1 aliphatic heterocycles. The van der Waals surface area contributed by atoms with Gasteiger partial charge >= 0.3 is 0 Å². The number of aromatic nitrogens is 2. The number of aryl methyl sites for hydroxylation is 1. The van der Waals surface area contributed by atoms with E-state index in [0.29, 0.717) is 18.8 Å². The van der Waals surface area contributed by atoms with Gasteiger partial charge in [0.2, 0.25) is 5.43 Å². The minimum atomic E-state index is -0.333. The number of carbonyl (C=O) groups excluding carboxylic acids is 1. The van der Waals surface area contributed by atoms with E-state index >= 15 is 0 Å². The molecule has 3 aromatic rings. The number of hydrogen-bond acceptors (Lipinski definition) is 4. The summed E-state index contributed by atoms with van der Waals surface area (Å²) in [5.74, 6) is -0.303. The molecule has 0 spiro atoms. The molecule has 0 saturated carbocycles. The van der Waals surface area contributed by atoms with Gasteiger partial charge in [0, 0.05) is 43.6 Å². The molecule has 142 valence electrons. The summed E-state index contributed by atoms with van der Waals surface area (Å²) in [6, 6.07) is 21.1. The van der Waals surface area contributed by atoms with E-state index < -0.39 is 0 Å². The van der Waals surface area contributed by atoms with E-state index in [1.165, 1.54) is 6.07 Å². The van der Waals surface area contributed by atoms with E-state index in [1.807, 2.05) is 55.5 Å². The maximum Gasteiger partial charge on any atom is 0.278 e.